The van der Waals surface area contributed by atoms with Crippen molar-refractivity contribution in [3.8, 4) is 5.75 Å². The highest BCUT2D eigenvalue weighted by molar-refractivity contribution is 7.14. The average Bonchev–Trinajstić information content (AvgIpc) is 3.19. The fourth-order valence-corrected chi connectivity index (χ4v) is 4.32. The van der Waals surface area contributed by atoms with Gasteiger partial charge in [-0.3, -0.25) is 14.5 Å². The summed E-state index contributed by atoms with van der Waals surface area (Å²) < 4.78 is 19.5. The Balaban J connectivity index is 1.64. The van der Waals surface area contributed by atoms with Gasteiger partial charge < -0.3 is 4.74 Å². The van der Waals surface area contributed by atoms with Crippen LogP contribution in [-0.4, -0.2) is 23.8 Å². The van der Waals surface area contributed by atoms with Gasteiger partial charge in [0.2, 0.25) is 5.91 Å². The van der Waals surface area contributed by atoms with Crippen LogP contribution in [0.15, 0.2) is 53.4 Å². The Hall–Kier alpha value is -3.32. The van der Waals surface area contributed by atoms with E-state index in [1.54, 1.807) is 42.8 Å². The molecule has 0 saturated carbocycles. The summed E-state index contributed by atoms with van der Waals surface area (Å²) in [5, 5.41) is 2.11. The van der Waals surface area contributed by atoms with E-state index in [0.717, 1.165) is 17.7 Å². The average molecular weight is 422 g/mol. The predicted octanol–water partition coefficient (Wildman–Crippen LogP) is 5.19. The summed E-state index contributed by atoms with van der Waals surface area (Å²) in [6, 6.07) is 11.5. The van der Waals surface area contributed by atoms with E-state index in [2.05, 4.69) is 4.98 Å². The first kappa shape index (κ1) is 20.0. The number of allylic oxidation sites excluding steroid dienone is 1. The molecule has 1 amide bonds. The quantitative estimate of drug-likeness (QED) is 0.543. The van der Waals surface area contributed by atoms with E-state index in [1.165, 1.54) is 35.3 Å². The summed E-state index contributed by atoms with van der Waals surface area (Å²) >= 11 is 1.22. The molecule has 2 aromatic carbocycles. The van der Waals surface area contributed by atoms with Crippen LogP contribution in [0.2, 0.25) is 0 Å². The Bertz CT molecular complexity index is 1170. The molecule has 7 heteroatoms. The number of ketones is 1. The number of Topliss-reactive ketones (excluding diaryl/α,β-unsaturated/α-hetero) is 1. The minimum atomic E-state index is -0.503. The summed E-state index contributed by atoms with van der Waals surface area (Å²) in [5.41, 5.74) is 3.01. The van der Waals surface area contributed by atoms with E-state index < -0.39 is 5.82 Å². The SMILES string of the molecule is COc1ccc2c(c1)CCC(=Cc1csc(N(C(C)=O)c3ccccc3F)n1)C2=O. The number of amides is 1. The van der Waals surface area contributed by atoms with Crippen LogP contribution in [0.5, 0.6) is 5.75 Å². The topological polar surface area (TPSA) is 59.5 Å². The highest BCUT2D eigenvalue weighted by atomic mass is 32.1. The number of rotatable bonds is 4. The van der Waals surface area contributed by atoms with E-state index in [0.29, 0.717) is 28.4 Å². The molecule has 0 unspecified atom stereocenters. The molecule has 30 heavy (non-hydrogen) atoms. The first-order chi connectivity index (χ1) is 14.5. The number of para-hydroxylation sites is 1. The van der Waals surface area contributed by atoms with Crippen LogP contribution in [0.25, 0.3) is 6.08 Å². The minimum absolute atomic E-state index is 0.0361. The molecule has 5 nitrogen and oxygen atoms in total. The van der Waals surface area contributed by atoms with E-state index in [1.807, 2.05) is 6.07 Å². The maximum Gasteiger partial charge on any atom is 0.230 e. The van der Waals surface area contributed by atoms with Crippen molar-refractivity contribution in [2.45, 2.75) is 19.8 Å². The number of aromatic nitrogens is 1. The van der Waals surface area contributed by atoms with Gasteiger partial charge >= 0.3 is 0 Å². The van der Waals surface area contributed by atoms with Gasteiger partial charge in [-0.1, -0.05) is 12.1 Å². The second-order valence-corrected chi connectivity index (χ2v) is 7.72. The Labute approximate surface area is 177 Å². The number of hydrogen-bond donors (Lipinski definition) is 0. The second kappa shape index (κ2) is 8.20. The van der Waals surface area contributed by atoms with Crippen molar-refractivity contribution in [2.75, 3.05) is 12.0 Å². The Morgan fingerprint density at radius 2 is 2.03 bits per heavy atom. The van der Waals surface area contributed by atoms with Crippen LogP contribution in [-0.2, 0) is 11.2 Å². The highest BCUT2D eigenvalue weighted by Crippen LogP contribution is 2.33. The van der Waals surface area contributed by atoms with Gasteiger partial charge in [-0.15, -0.1) is 11.3 Å². The summed E-state index contributed by atoms with van der Waals surface area (Å²) in [5.74, 6) is -0.149. The van der Waals surface area contributed by atoms with Crippen molar-refractivity contribution in [2.24, 2.45) is 0 Å². The fraction of sp³-hybridized carbons (Fsp3) is 0.174. The third-order valence-corrected chi connectivity index (χ3v) is 5.79. The largest absolute Gasteiger partial charge is 0.497 e. The van der Waals surface area contributed by atoms with Crippen LogP contribution < -0.4 is 9.64 Å². The molecule has 1 aliphatic carbocycles. The van der Waals surface area contributed by atoms with Crippen LogP contribution in [0.4, 0.5) is 15.2 Å². The van der Waals surface area contributed by atoms with Gasteiger partial charge in [0, 0.05) is 23.4 Å². The van der Waals surface area contributed by atoms with Gasteiger partial charge in [0.25, 0.3) is 0 Å². The van der Waals surface area contributed by atoms with Gasteiger partial charge in [0.1, 0.15) is 11.6 Å². The number of methoxy groups -OCH3 is 1. The molecule has 3 aromatic rings. The molecule has 152 valence electrons. The predicted molar refractivity (Wildman–Crippen MR) is 115 cm³/mol. The number of benzene rings is 2. The maximum absolute atomic E-state index is 14.2. The molecule has 0 aliphatic heterocycles. The monoisotopic (exact) mass is 422 g/mol. The van der Waals surface area contributed by atoms with Crippen molar-refractivity contribution in [3.05, 3.63) is 76.1 Å². The molecule has 4 rings (SSSR count). The first-order valence-corrected chi connectivity index (χ1v) is 10.3. The van der Waals surface area contributed by atoms with Gasteiger partial charge in [-0.05, 0) is 54.8 Å². The number of fused-ring (bicyclic) bond motifs is 1. The number of carbonyl (C=O) groups is 2. The minimum Gasteiger partial charge on any atom is -0.497 e. The number of aryl methyl sites for hydroxylation is 1. The van der Waals surface area contributed by atoms with E-state index in [4.69, 9.17) is 4.74 Å². The van der Waals surface area contributed by atoms with Crippen molar-refractivity contribution < 1.29 is 18.7 Å². The fourth-order valence-electron chi connectivity index (χ4n) is 3.48. The lowest BCUT2D eigenvalue weighted by molar-refractivity contribution is -0.115. The first-order valence-electron chi connectivity index (χ1n) is 9.41. The van der Waals surface area contributed by atoms with Gasteiger partial charge in [-0.2, -0.15) is 0 Å². The third-order valence-electron chi connectivity index (χ3n) is 4.94. The summed E-state index contributed by atoms with van der Waals surface area (Å²) in [4.78, 5) is 30.8. The second-order valence-electron chi connectivity index (χ2n) is 6.88. The standard InChI is InChI=1S/C23H19FN2O3S/c1-14(27)26(21-6-4-3-5-20(21)24)23-25-17(13-30-23)11-16-8-7-15-12-18(29-2)9-10-19(15)22(16)28/h3-6,9-13H,7-8H2,1-2H3. The Morgan fingerprint density at radius 3 is 2.77 bits per heavy atom. The zero-order valence-corrected chi connectivity index (χ0v) is 17.3. The molecule has 1 aliphatic rings. The van der Waals surface area contributed by atoms with Crippen molar-refractivity contribution in [1.29, 1.82) is 0 Å². The lowest BCUT2D eigenvalue weighted by Crippen LogP contribution is -2.23. The summed E-state index contributed by atoms with van der Waals surface area (Å²) in [6.45, 7) is 1.36. The number of halogens is 1. The van der Waals surface area contributed by atoms with E-state index >= 15 is 0 Å². The normalized spacial score (nSPS) is 14.5. The molecule has 1 heterocycles. The van der Waals surface area contributed by atoms with Gasteiger partial charge in [0.15, 0.2) is 10.9 Å². The molecular formula is C23H19FN2O3S. The number of carbonyl (C=O) groups excluding carboxylic acids is 2. The summed E-state index contributed by atoms with van der Waals surface area (Å²) in [6.07, 6.45) is 3.07. The molecule has 0 saturated heterocycles. The molecule has 0 fully saturated rings. The molecule has 1 aromatic heterocycles. The van der Waals surface area contributed by atoms with Gasteiger partial charge in [0.05, 0.1) is 18.5 Å². The van der Waals surface area contributed by atoms with Crippen molar-refractivity contribution in [3.63, 3.8) is 0 Å². The van der Waals surface area contributed by atoms with E-state index in [9.17, 15) is 14.0 Å². The molecule has 0 atom stereocenters. The number of hydrogen-bond acceptors (Lipinski definition) is 5. The molecular weight excluding hydrogens is 403 g/mol. The smallest absolute Gasteiger partial charge is 0.230 e. The Morgan fingerprint density at radius 1 is 1.23 bits per heavy atom. The van der Waals surface area contributed by atoms with E-state index in [-0.39, 0.29) is 17.4 Å². The number of anilines is 2. The zero-order valence-electron chi connectivity index (χ0n) is 16.5. The van der Waals surface area contributed by atoms with Crippen LogP contribution in [0.3, 0.4) is 0 Å². The molecule has 0 N–H and O–H groups in total. The molecule has 0 bridgehead atoms. The van der Waals surface area contributed by atoms with Crippen LogP contribution in [0.1, 0.15) is 35.0 Å². The van der Waals surface area contributed by atoms with Crippen LogP contribution in [0, 0.1) is 5.82 Å². The Kier molecular flexibility index (Phi) is 5.46. The highest BCUT2D eigenvalue weighted by Gasteiger charge is 2.24. The number of nitrogens with zero attached hydrogens (tertiary/aromatic N) is 2. The molecule has 0 spiro atoms. The molecule has 0 radical (unpaired) electrons. The summed E-state index contributed by atoms with van der Waals surface area (Å²) in [7, 11) is 1.60. The number of ether oxygens (including phenoxy) is 1. The van der Waals surface area contributed by atoms with Crippen molar-refractivity contribution >= 4 is 39.9 Å². The zero-order chi connectivity index (χ0) is 21.3. The lowest BCUT2D eigenvalue weighted by atomic mass is 9.86. The number of thiazole rings is 1. The van der Waals surface area contributed by atoms with Crippen molar-refractivity contribution in [1.82, 2.24) is 4.98 Å². The third kappa shape index (κ3) is 3.76. The van der Waals surface area contributed by atoms with Crippen LogP contribution >= 0.6 is 11.3 Å². The maximum atomic E-state index is 14.2. The van der Waals surface area contributed by atoms with Gasteiger partial charge in [-0.25, -0.2) is 9.37 Å². The lowest BCUT2D eigenvalue weighted by Gasteiger charge is -2.18.